The number of carbonyl (C=O) groups is 1. The number of fused-ring (bicyclic) bond motifs is 1. The summed E-state index contributed by atoms with van der Waals surface area (Å²) in [5.41, 5.74) is 8.32. The van der Waals surface area contributed by atoms with Crippen molar-refractivity contribution in [1.82, 2.24) is 4.98 Å². The lowest BCUT2D eigenvalue weighted by Gasteiger charge is -2.32. The van der Waals surface area contributed by atoms with E-state index in [4.69, 9.17) is 5.73 Å². The zero-order valence-corrected chi connectivity index (χ0v) is 14.2. The first kappa shape index (κ1) is 15.8. The number of piperidine rings is 1. The first-order valence-corrected chi connectivity index (χ1v) is 8.90. The van der Waals surface area contributed by atoms with Crippen molar-refractivity contribution in [2.45, 2.75) is 19.3 Å². The molecule has 1 fully saturated rings. The number of nitrogens with one attached hydrogen (secondary N) is 1. The van der Waals surface area contributed by atoms with Crippen molar-refractivity contribution >= 4 is 22.6 Å². The summed E-state index contributed by atoms with van der Waals surface area (Å²) in [6, 6.07) is 18.5. The number of nitrogens with two attached hydrogens (primary N) is 1. The van der Waals surface area contributed by atoms with Crippen LogP contribution in [0.5, 0.6) is 0 Å². The molecule has 1 amide bonds. The van der Waals surface area contributed by atoms with E-state index in [2.05, 4.69) is 46.3 Å². The Morgan fingerprint density at radius 1 is 1.08 bits per heavy atom. The van der Waals surface area contributed by atoms with E-state index in [9.17, 15) is 4.79 Å². The Kier molecular flexibility index (Phi) is 4.18. The minimum absolute atomic E-state index is 0.389. The van der Waals surface area contributed by atoms with E-state index in [1.165, 1.54) is 24.8 Å². The van der Waals surface area contributed by atoms with Crippen molar-refractivity contribution < 1.29 is 4.79 Å². The van der Waals surface area contributed by atoms with Gasteiger partial charge in [0, 0.05) is 29.6 Å². The van der Waals surface area contributed by atoms with Crippen molar-refractivity contribution in [2.24, 2.45) is 11.7 Å². The molecule has 4 nitrogen and oxygen atoms in total. The smallest absolute Gasteiger partial charge is 0.248 e. The standard InChI is InChI=1S/C21H23N3O/c22-21(25)18-7-6-17-14-20(23-19(17)13-18)24-10-8-16(9-11-24)12-15-4-2-1-3-5-15/h1-7,13-14,16,23H,8-12H2,(H2,22,25). The van der Waals surface area contributed by atoms with Crippen LogP contribution in [0, 0.1) is 5.92 Å². The number of aromatic amines is 1. The van der Waals surface area contributed by atoms with Gasteiger partial charge in [-0.1, -0.05) is 36.4 Å². The maximum absolute atomic E-state index is 11.3. The first-order chi connectivity index (χ1) is 12.2. The van der Waals surface area contributed by atoms with Gasteiger partial charge < -0.3 is 15.6 Å². The number of amides is 1. The molecule has 1 saturated heterocycles. The molecule has 1 aliphatic rings. The molecule has 4 rings (SSSR count). The highest BCUT2D eigenvalue weighted by Gasteiger charge is 2.21. The summed E-state index contributed by atoms with van der Waals surface area (Å²) < 4.78 is 0. The second kappa shape index (κ2) is 6.63. The Balaban J connectivity index is 1.43. The van der Waals surface area contributed by atoms with Gasteiger partial charge in [0.2, 0.25) is 5.91 Å². The van der Waals surface area contributed by atoms with E-state index < -0.39 is 0 Å². The van der Waals surface area contributed by atoms with E-state index >= 15 is 0 Å². The van der Waals surface area contributed by atoms with E-state index in [0.29, 0.717) is 5.56 Å². The van der Waals surface area contributed by atoms with Crippen molar-refractivity contribution in [2.75, 3.05) is 18.0 Å². The topological polar surface area (TPSA) is 62.1 Å². The maximum atomic E-state index is 11.3. The van der Waals surface area contributed by atoms with Gasteiger partial charge in [0.1, 0.15) is 5.82 Å². The number of hydrogen-bond donors (Lipinski definition) is 2. The second-order valence-electron chi connectivity index (χ2n) is 6.94. The monoisotopic (exact) mass is 333 g/mol. The molecule has 1 aromatic heterocycles. The van der Waals surface area contributed by atoms with Gasteiger partial charge in [0.25, 0.3) is 0 Å². The molecule has 25 heavy (non-hydrogen) atoms. The number of primary amides is 1. The molecular formula is C21H23N3O. The third kappa shape index (κ3) is 3.38. The Morgan fingerprint density at radius 3 is 2.56 bits per heavy atom. The summed E-state index contributed by atoms with van der Waals surface area (Å²) in [6.07, 6.45) is 3.58. The average molecular weight is 333 g/mol. The minimum atomic E-state index is -0.389. The van der Waals surface area contributed by atoms with Gasteiger partial charge >= 0.3 is 0 Å². The van der Waals surface area contributed by atoms with Crippen molar-refractivity contribution in [3.8, 4) is 0 Å². The first-order valence-electron chi connectivity index (χ1n) is 8.90. The maximum Gasteiger partial charge on any atom is 0.248 e. The van der Waals surface area contributed by atoms with Crippen LogP contribution in [0.15, 0.2) is 54.6 Å². The van der Waals surface area contributed by atoms with Crippen molar-refractivity contribution in [3.63, 3.8) is 0 Å². The second-order valence-corrected chi connectivity index (χ2v) is 6.94. The number of H-pyrrole nitrogens is 1. The summed E-state index contributed by atoms with van der Waals surface area (Å²) >= 11 is 0. The molecule has 2 aromatic carbocycles. The normalized spacial score (nSPS) is 15.6. The fourth-order valence-corrected chi connectivity index (χ4v) is 3.76. The molecule has 128 valence electrons. The van der Waals surface area contributed by atoms with E-state index in [-0.39, 0.29) is 5.91 Å². The number of carbonyl (C=O) groups excluding carboxylic acids is 1. The lowest BCUT2D eigenvalue weighted by atomic mass is 9.90. The van der Waals surface area contributed by atoms with Gasteiger partial charge in [-0.3, -0.25) is 4.79 Å². The molecule has 3 aromatic rings. The van der Waals surface area contributed by atoms with Gasteiger partial charge in [-0.2, -0.15) is 0 Å². The molecule has 4 heteroatoms. The fourth-order valence-electron chi connectivity index (χ4n) is 3.76. The van der Waals surface area contributed by atoms with Crippen LogP contribution in [0.25, 0.3) is 10.9 Å². The van der Waals surface area contributed by atoms with E-state index in [1.807, 2.05) is 12.1 Å². The largest absolute Gasteiger partial charge is 0.366 e. The van der Waals surface area contributed by atoms with Crippen LogP contribution in [-0.4, -0.2) is 24.0 Å². The van der Waals surface area contributed by atoms with Crippen LogP contribution < -0.4 is 10.6 Å². The average Bonchev–Trinajstić information content (AvgIpc) is 3.06. The van der Waals surface area contributed by atoms with Crippen LogP contribution in [0.1, 0.15) is 28.8 Å². The van der Waals surface area contributed by atoms with Crippen LogP contribution in [0.2, 0.25) is 0 Å². The van der Waals surface area contributed by atoms with Gasteiger partial charge in [-0.15, -0.1) is 0 Å². The summed E-state index contributed by atoms with van der Waals surface area (Å²) in [5.74, 6) is 1.50. The van der Waals surface area contributed by atoms with Crippen LogP contribution in [0.3, 0.4) is 0 Å². The highest BCUT2D eigenvalue weighted by molar-refractivity contribution is 5.97. The number of aromatic nitrogens is 1. The molecular weight excluding hydrogens is 310 g/mol. The quantitative estimate of drug-likeness (QED) is 0.764. The predicted molar refractivity (Wildman–Crippen MR) is 102 cm³/mol. The Bertz CT molecular complexity index is 877. The Morgan fingerprint density at radius 2 is 1.84 bits per heavy atom. The SMILES string of the molecule is NC(=O)c1ccc2cc(N3CCC(Cc4ccccc4)CC3)[nH]c2c1. The van der Waals surface area contributed by atoms with Gasteiger partial charge in [-0.25, -0.2) is 0 Å². The van der Waals surface area contributed by atoms with E-state index in [1.54, 1.807) is 6.07 Å². The fraction of sp³-hybridized carbons (Fsp3) is 0.286. The van der Waals surface area contributed by atoms with Crippen molar-refractivity contribution in [1.29, 1.82) is 0 Å². The van der Waals surface area contributed by atoms with Crippen LogP contribution in [0.4, 0.5) is 5.82 Å². The molecule has 0 spiro atoms. The third-order valence-electron chi connectivity index (χ3n) is 5.22. The zero-order chi connectivity index (χ0) is 17.2. The molecule has 0 unspecified atom stereocenters. The highest BCUT2D eigenvalue weighted by Crippen LogP contribution is 2.28. The molecule has 0 bridgehead atoms. The van der Waals surface area contributed by atoms with Crippen LogP contribution >= 0.6 is 0 Å². The number of anilines is 1. The lowest BCUT2D eigenvalue weighted by Crippen LogP contribution is -2.34. The van der Waals surface area contributed by atoms with Crippen LogP contribution in [-0.2, 0) is 6.42 Å². The number of hydrogen-bond acceptors (Lipinski definition) is 2. The number of benzene rings is 2. The zero-order valence-electron chi connectivity index (χ0n) is 14.2. The molecule has 0 radical (unpaired) electrons. The third-order valence-corrected chi connectivity index (χ3v) is 5.22. The molecule has 0 atom stereocenters. The van der Waals surface area contributed by atoms with Gasteiger partial charge in [-0.05, 0) is 48.9 Å². The summed E-state index contributed by atoms with van der Waals surface area (Å²) in [7, 11) is 0. The van der Waals surface area contributed by atoms with Crippen molar-refractivity contribution in [3.05, 3.63) is 65.7 Å². The highest BCUT2D eigenvalue weighted by atomic mass is 16.1. The molecule has 3 N–H and O–H groups in total. The molecule has 1 aliphatic heterocycles. The number of nitrogens with zero attached hydrogens (tertiary/aromatic N) is 1. The molecule has 0 aliphatic carbocycles. The number of rotatable bonds is 4. The van der Waals surface area contributed by atoms with Gasteiger partial charge in [0.15, 0.2) is 0 Å². The lowest BCUT2D eigenvalue weighted by molar-refractivity contribution is 0.100. The minimum Gasteiger partial charge on any atom is -0.366 e. The van der Waals surface area contributed by atoms with E-state index in [0.717, 1.165) is 35.7 Å². The predicted octanol–water partition coefficient (Wildman–Crippen LogP) is 3.73. The summed E-state index contributed by atoms with van der Waals surface area (Å²) in [6.45, 7) is 2.12. The van der Waals surface area contributed by atoms with Gasteiger partial charge in [0.05, 0.1) is 0 Å². The molecule has 0 saturated carbocycles. The summed E-state index contributed by atoms with van der Waals surface area (Å²) in [5, 5.41) is 1.12. The Hall–Kier alpha value is -2.75. The Labute approximate surface area is 147 Å². The molecule has 2 heterocycles. The summed E-state index contributed by atoms with van der Waals surface area (Å²) in [4.78, 5) is 17.2.